The van der Waals surface area contributed by atoms with Crippen LogP contribution in [0, 0.1) is 5.82 Å². The molecule has 4 rings (SSSR count). The second-order valence-electron chi connectivity index (χ2n) is 5.62. The summed E-state index contributed by atoms with van der Waals surface area (Å²) in [5, 5.41) is 7.58. The summed E-state index contributed by atoms with van der Waals surface area (Å²) in [4.78, 5) is 12.6. The Labute approximate surface area is 156 Å². The average molecular weight is 418 g/mol. The number of rotatable bonds is 3. The van der Waals surface area contributed by atoms with Gasteiger partial charge in [0.25, 0.3) is 5.91 Å². The Bertz CT molecular complexity index is 938. The van der Waals surface area contributed by atoms with E-state index in [1.54, 1.807) is 40.7 Å². The van der Waals surface area contributed by atoms with E-state index >= 15 is 0 Å². The van der Waals surface area contributed by atoms with Gasteiger partial charge in [-0.05, 0) is 48.5 Å². The first-order chi connectivity index (χ1) is 12.1. The topological polar surface area (TPSA) is 46.9 Å². The quantitative estimate of drug-likeness (QED) is 0.667. The Morgan fingerprint density at radius 3 is 2.56 bits per heavy atom. The second-order valence-corrected chi connectivity index (χ2v) is 7.52. The highest BCUT2D eigenvalue weighted by Crippen LogP contribution is 2.36. The number of nitrogens with zero attached hydrogens (tertiary/aromatic N) is 2. The van der Waals surface area contributed by atoms with Crippen LogP contribution < -0.4 is 5.32 Å². The van der Waals surface area contributed by atoms with Crippen molar-refractivity contribution in [3.05, 3.63) is 75.6 Å². The van der Waals surface area contributed by atoms with Crippen molar-refractivity contribution in [1.82, 2.24) is 9.78 Å². The molecule has 0 bridgehead atoms. The number of amides is 1. The van der Waals surface area contributed by atoms with Crippen LogP contribution in [0.5, 0.6) is 0 Å². The zero-order valence-electron chi connectivity index (χ0n) is 13.0. The molecule has 0 fully saturated rings. The number of benzene rings is 2. The molecule has 126 valence electrons. The summed E-state index contributed by atoms with van der Waals surface area (Å²) in [6, 6.07) is 13.2. The van der Waals surface area contributed by atoms with Gasteiger partial charge in [-0.3, -0.25) is 4.79 Å². The molecule has 1 N–H and O–H groups in total. The zero-order chi connectivity index (χ0) is 17.4. The lowest BCUT2D eigenvalue weighted by atomic mass is 10.2. The highest BCUT2D eigenvalue weighted by atomic mass is 79.9. The molecule has 1 aliphatic rings. The van der Waals surface area contributed by atoms with Crippen LogP contribution in [0.1, 0.15) is 21.6 Å². The van der Waals surface area contributed by atoms with E-state index in [0.717, 1.165) is 27.2 Å². The van der Waals surface area contributed by atoms with Gasteiger partial charge in [0.15, 0.2) is 0 Å². The predicted octanol–water partition coefficient (Wildman–Crippen LogP) is 4.77. The first-order valence-corrected chi connectivity index (χ1v) is 9.58. The van der Waals surface area contributed by atoms with Crippen LogP contribution in [0.3, 0.4) is 0 Å². The molecule has 0 atom stereocenters. The maximum Gasteiger partial charge on any atom is 0.256 e. The number of hydrogen-bond acceptors (Lipinski definition) is 3. The molecular formula is C18H13BrFN3OS. The normalized spacial score (nSPS) is 12.9. The molecule has 1 aromatic heterocycles. The van der Waals surface area contributed by atoms with Gasteiger partial charge in [-0.25, -0.2) is 9.07 Å². The van der Waals surface area contributed by atoms with Crippen molar-refractivity contribution < 1.29 is 9.18 Å². The van der Waals surface area contributed by atoms with E-state index in [4.69, 9.17) is 0 Å². The monoisotopic (exact) mass is 417 g/mol. The number of anilines is 1. The fourth-order valence-electron chi connectivity index (χ4n) is 2.69. The first kappa shape index (κ1) is 16.4. The van der Waals surface area contributed by atoms with E-state index in [1.807, 2.05) is 12.1 Å². The molecule has 1 aliphatic heterocycles. The van der Waals surface area contributed by atoms with Crippen LogP contribution in [-0.2, 0) is 11.5 Å². The lowest BCUT2D eigenvalue weighted by Crippen LogP contribution is -2.16. The number of carbonyl (C=O) groups is 1. The summed E-state index contributed by atoms with van der Waals surface area (Å²) in [5.74, 6) is 1.76. The molecule has 25 heavy (non-hydrogen) atoms. The number of aromatic nitrogens is 2. The highest BCUT2D eigenvalue weighted by molar-refractivity contribution is 9.10. The van der Waals surface area contributed by atoms with Gasteiger partial charge >= 0.3 is 0 Å². The van der Waals surface area contributed by atoms with Gasteiger partial charge < -0.3 is 5.32 Å². The van der Waals surface area contributed by atoms with Crippen LogP contribution in [0.4, 0.5) is 10.2 Å². The maximum absolute atomic E-state index is 13.2. The summed E-state index contributed by atoms with van der Waals surface area (Å²) < 4.78 is 15.8. The predicted molar refractivity (Wildman–Crippen MR) is 101 cm³/mol. The lowest BCUT2D eigenvalue weighted by Gasteiger charge is -2.11. The van der Waals surface area contributed by atoms with E-state index in [0.29, 0.717) is 17.1 Å². The van der Waals surface area contributed by atoms with Crippen LogP contribution >= 0.6 is 27.7 Å². The summed E-state index contributed by atoms with van der Waals surface area (Å²) >= 11 is 5.13. The molecule has 2 heterocycles. The molecule has 0 radical (unpaired) electrons. The van der Waals surface area contributed by atoms with E-state index < -0.39 is 0 Å². The summed E-state index contributed by atoms with van der Waals surface area (Å²) in [6.07, 6.45) is 0. The molecule has 0 spiro atoms. The van der Waals surface area contributed by atoms with Gasteiger partial charge in [0, 0.05) is 27.1 Å². The molecule has 4 nitrogen and oxygen atoms in total. The van der Waals surface area contributed by atoms with Crippen molar-refractivity contribution in [3.63, 3.8) is 0 Å². The highest BCUT2D eigenvalue weighted by Gasteiger charge is 2.25. The molecule has 0 saturated heterocycles. The Morgan fingerprint density at radius 1 is 1.12 bits per heavy atom. The van der Waals surface area contributed by atoms with Crippen molar-refractivity contribution in [1.29, 1.82) is 0 Å². The maximum atomic E-state index is 13.2. The summed E-state index contributed by atoms with van der Waals surface area (Å²) in [5.41, 5.74) is 3.27. The number of thioether (sulfide) groups is 1. The van der Waals surface area contributed by atoms with Crippen molar-refractivity contribution in [3.8, 4) is 5.69 Å². The van der Waals surface area contributed by atoms with Crippen LogP contribution in [0.2, 0.25) is 0 Å². The fraction of sp³-hybridized carbons (Fsp3) is 0.111. The van der Waals surface area contributed by atoms with Gasteiger partial charge in [-0.15, -0.1) is 0 Å². The van der Waals surface area contributed by atoms with Gasteiger partial charge in [-0.2, -0.15) is 16.9 Å². The third-order valence-electron chi connectivity index (χ3n) is 3.96. The molecule has 0 aliphatic carbocycles. The van der Waals surface area contributed by atoms with Crippen LogP contribution in [0.15, 0.2) is 53.0 Å². The smallest absolute Gasteiger partial charge is 0.256 e. The Hall–Kier alpha value is -2.12. The molecule has 0 saturated carbocycles. The summed E-state index contributed by atoms with van der Waals surface area (Å²) in [6.45, 7) is 0. The fourth-order valence-corrected chi connectivity index (χ4v) is 3.99. The minimum absolute atomic E-state index is 0.199. The SMILES string of the molecule is O=C(Nc1c2c(nn1-c1ccc(F)cc1)CSC2)c1ccc(Br)cc1. The Kier molecular flexibility index (Phi) is 4.35. The van der Waals surface area contributed by atoms with E-state index in [-0.39, 0.29) is 11.7 Å². The van der Waals surface area contributed by atoms with Crippen LogP contribution in [-0.4, -0.2) is 15.7 Å². The minimum atomic E-state index is -0.306. The third-order valence-corrected chi connectivity index (χ3v) is 5.46. The van der Waals surface area contributed by atoms with Crippen molar-refractivity contribution in [2.75, 3.05) is 5.32 Å². The Balaban J connectivity index is 1.72. The molecule has 2 aromatic carbocycles. The van der Waals surface area contributed by atoms with Crippen molar-refractivity contribution >= 4 is 39.4 Å². The average Bonchev–Trinajstić information content (AvgIpc) is 3.19. The van der Waals surface area contributed by atoms with Gasteiger partial charge in [-0.1, -0.05) is 15.9 Å². The third kappa shape index (κ3) is 3.21. The molecule has 1 amide bonds. The molecule has 3 aromatic rings. The molecule has 7 heteroatoms. The standard InChI is InChI=1S/C18H13BrFN3OS/c19-12-3-1-11(2-4-12)18(24)21-17-15-9-25-10-16(15)22-23(17)14-7-5-13(20)6-8-14/h1-8H,9-10H2,(H,21,24). The lowest BCUT2D eigenvalue weighted by molar-refractivity contribution is 0.102. The van der Waals surface area contributed by atoms with Crippen molar-refractivity contribution in [2.45, 2.75) is 11.5 Å². The molecular weight excluding hydrogens is 405 g/mol. The second kappa shape index (κ2) is 6.65. The van der Waals surface area contributed by atoms with Crippen LogP contribution in [0.25, 0.3) is 5.69 Å². The number of hydrogen-bond donors (Lipinski definition) is 1. The van der Waals surface area contributed by atoms with Crippen molar-refractivity contribution in [2.24, 2.45) is 0 Å². The molecule has 0 unspecified atom stereocenters. The largest absolute Gasteiger partial charge is 0.306 e. The minimum Gasteiger partial charge on any atom is -0.306 e. The number of halogens is 2. The van der Waals surface area contributed by atoms with Gasteiger partial charge in [0.05, 0.1) is 11.4 Å². The van der Waals surface area contributed by atoms with E-state index in [1.165, 1.54) is 12.1 Å². The first-order valence-electron chi connectivity index (χ1n) is 7.63. The van der Waals surface area contributed by atoms with Gasteiger partial charge in [0.2, 0.25) is 0 Å². The van der Waals surface area contributed by atoms with Gasteiger partial charge in [0.1, 0.15) is 11.6 Å². The van der Waals surface area contributed by atoms with E-state index in [2.05, 4.69) is 26.3 Å². The van der Waals surface area contributed by atoms with E-state index in [9.17, 15) is 9.18 Å². The summed E-state index contributed by atoms with van der Waals surface area (Å²) in [7, 11) is 0. The number of carbonyl (C=O) groups excluding carboxylic acids is 1. The Morgan fingerprint density at radius 2 is 1.84 bits per heavy atom. The number of fused-ring (bicyclic) bond motifs is 1. The number of nitrogens with one attached hydrogen (secondary N) is 1. The zero-order valence-corrected chi connectivity index (χ0v) is 15.4.